The minimum Gasteiger partial charge on any atom is -0.466 e. The number of esters is 1. The summed E-state index contributed by atoms with van der Waals surface area (Å²) in [4.78, 5) is 16.3. The number of hydrogen-bond donors (Lipinski definition) is 0. The number of piperidine rings is 1. The van der Waals surface area contributed by atoms with Crippen LogP contribution in [0.3, 0.4) is 0 Å². The molecule has 2 aliphatic heterocycles. The minimum atomic E-state index is -0.0554. The van der Waals surface area contributed by atoms with Crippen molar-refractivity contribution in [2.24, 2.45) is 5.92 Å². The van der Waals surface area contributed by atoms with Crippen LogP contribution in [0.15, 0.2) is 0 Å². The molecule has 2 atom stereocenters. The van der Waals surface area contributed by atoms with E-state index in [1.54, 1.807) is 0 Å². The van der Waals surface area contributed by atoms with Crippen molar-refractivity contribution in [3.63, 3.8) is 0 Å². The van der Waals surface area contributed by atoms with Gasteiger partial charge < -0.3 is 9.64 Å². The SMILES string of the molecule is CCOC(=O)CCN1CC[C@@H]2CCN(C)C[C@H]21. The number of ether oxygens (including phenoxy) is 1. The Kier molecular flexibility index (Phi) is 4.40. The Balaban J connectivity index is 1.79. The average molecular weight is 240 g/mol. The third-order valence-electron chi connectivity index (χ3n) is 4.09. The van der Waals surface area contributed by atoms with Crippen LogP contribution in [0.5, 0.6) is 0 Å². The Bertz CT molecular complexity index is 270. The quantitative estimate of drug-likeness (QED) is 0.685. The molecule has 0 saturated carbocycles. The van der Waals surface area contributed by atoms with Crippen molar-refractivity contribution in [3.05, 3.63) is 0 Å². The van der Waals surface area contributed by atoms with Crippen LogP contribution in [0.1, 0.15) is 26.2 Å². The lowest BCUT2D eigenvalue weighted by molar-refractivity contribution is -0.143. The van der Waals surface area contributed by atoms with Crippen LogP contribution in [-0.2, 0) is 9.53 Å². The summed E-state index contributed by atoms with van der Waals surface area (Å²) in [5.41, 5.74) is 0. The Morgan fingerprint density at radius 3 is 2.88 bits per heavy atom. The normalized spacial score (nSPS) is 30.2. The Morgan fingerprint density at radius 2 is 2.12 bits per heavy atom. The predicted molar refractivity (Wildman–Crippen MR) is 66.8 cm³/mol. The number of carbonyl (C=O) groups is 1. The van der Waals surface area contributed by atoms with E-state index in [1.807, 2.05) is 6.92 Å². The summed E-state index contributed by atoms with van der Waals surface area (Å²) in [5.74, 6) is 0.800. The van der Waals surface area contributed by atoms with E-state index in [9.17, 15) is 4.79 Å². The summed E-state index contributed by atoms with van der Waals surface area (Å²) in [6.45, 7) is 6.77. The van der Waals surface area contributed by atoms with Crippen LogP contribution in [0.25, 0.3) is 0 Å². The average Bonchev–Trinajstić information content (AvgIpc) is 2.69. The van der Waals surface area contributed by atoms with Gasteiger partial charge in [-0.05, 0) is 45.8 Å². The van der Waals surface area contributed by atoms with Crippen molar-refractivity contribution in [2.45, 2.75) is 32.2 Å². The van der Waals surface area contributed by atoms with Crippen molar-refractivity contribution < 1.29 is 9.53 Å². The van der Waals surface area contributed by atoms with Crippen molar-refractivity contribution in [2.75, 3.05) is 39.8 Å². The fourth-order valence-corrected chi connectivity index (χ4v) is 3.13. The maximum atomic E-state index is 11.4. The van der Waals surface area contributed by atoms with Crippen molar-refractivity contribution in [3.8, 4) is 0 Å². The lowest BCUT2D eigenvalue weighted by Gasteiger charge is -2.36. The topological polar surface area (TPSA) is 32.8 Å². The fraction of sp³-hybridized carbons (Fsp3) is 0.923. The van der Waals surface area contributed by atoms with Crippen LogP contribution in [0.4, 0.5) is 0 Å². The van der Waals surface area contributed by atoms with Gasteiger partial charge in [0, 0.05) is 19.1 Å². The highest BCUT2D eigenvalue weighted by atomic mass is 16.5. The van der Waals surface area contributed by atoms with Gasteiger partial charge in [-0.2, -0.15) is 0 Å². The maximum absolute atomic E-state index is 11.4. The Hall–Kier alpha value is -0.610. The van der Waals surface area contributed by atoms with Crippen LogP contribution in [-0.4, -0.2) is 61.6 Å². The Morgan fingerprint density at radius 1 is 1.35 bits per heavy atom. The third-order valence-corrected chi connectivity index (χ3v) is 4.09. The van der Waals surface area contributed by atoms with Gasteiger partial charge >= 0.3 is 5.97 Å². The molecule has 0 aromatic carbocycles. The molecule has 98 valence electrons. The maximum Gasteiger partial charge on any atom is 0.307 e. The van der Waals surface area contributed by atoms with E-state index in [0.717, 1.165) is 25.6 Å². The van der Waals surface area contributed by atoms with Gasteiger partial charge in [-0.15, -0.1) is 0 Å². The monoisotopic (exact) mass is 240 g/mol. The van der Waals surface area contributed by atoms with Gasteiger partial charge in [0.2, 0.25) is 0 Å². The van der Waals surface area contributed by atoms with Gasteiger partial charge in [0.05, 0.1) is 13.0 Å². The molecule has 0 aliphatic carbocycles. The molecule has 0 aromatic rings. The van der Waals surface area contributed by atoms with Gasteiger partial charge in [0.1, 0.15) is 0 Å². The summed E-state index contributed by atoms with van der Waals surface area (Å²) in [7, 11) is 2.19. The van der Waals surface area contributed by atoms with Gasteiger partial charge in [0.15, 0.2) is 0 Å². The van der Waals surface area contributed by atoms with Gasteiger partial charge in [0.25, 0.3) is 0 Å². The van der Waals surface area contributed by atoms with Gasteiger partial charge in [-0.1, -0.05) is 0 Å². The molecule has 0 spiro atoms. The number of carbonyl (C=O) groups excluding carboxylic acids is 1. The van der Waals surface area contributed by atoms with E-state index >= 15 is 0 Å². The molecular formula is C13H24N2O2. The molecule has 2 saturated heterocycles. The zero-order valence-corrected chi connectivity index (χ0v) is 11.0. The molecular weight excluding hydrogens is 216 g/mol. The molecule has 2 fully saturated rings. The molecule has 0 aromatic heterocycles. The zero-order chi connectivity index (χ0) is 12.3. The first-order valence-electron chi connectivity index (χ1n) is 6.79. The number of rotatable bonds is 4. The number of likely N-dealkylation sites (N-methyl/N-ethyl adjacent to an activating group) is 1. The molecule has 17 heavy (non-hydrogen) atoms. The van der Waals surface area contributed by atoms with E-state index in [1.165, 1.54) is 19.4 Å². The summed E-state index contributed by atoms with van der Waals surface area (Å²) >= 11 is 0. The van der Waals surface area contributed by atoms with Crippen LogP contribution >= 0.6 is 0 Å². The number of likely N-dealkylation sites (tertiary alicyclic amines) is 2. The summed E-state index contributed by atoms with van der Waals surface area (Å²) in [6.07, 6.45) is 3.17. The molecule has 0 bridgehead atoms. The first kappa shape index (κ1) is 12.8. The van der Waals surface area contributed by atoms with Gasteiger partial charge in [-0.25, -0.2) is 0 Å². The molecule has 0 unspecified atom stereocenters. The van der Waals surface area contributed by atoms with Crippen molar-refractivity contribution >= 4 is 5.97 Å². The summed E-state index contributed by atoms with van der Waals surface area (Å²) < 4.78 is 4.98. The van der Waals surface area contributed by atoms with E-state index in [-0.39, 0.29) is 5.97 Å². The van der Waals surface area contributed by atoms with Crippen molar-refractivity contribution in [1.29, 1.82) is 0 Å². The molecule has 0 N–H and O–H groups in total. The molecule has 0 amide bonds. The fourth-order valence-electron chi connectivity index (χ4n) is 3.13. The second-order valence-corrected chi connectivity index (χ2v) is 5.26. The molecule has 0 radical (unpaired) electrons. The number of nitrogens with zero attached hydrogens (tertiary/aromatic N) is 2. The highest BCUT2D eigenvalue weighted by Gasteiger charge is 2.37. The second kappa shape index (κ2) is 5.83. The largest absolute Gasteiger partial charge is 0.466 e. The first-order chi connectivity index (χ1) is 8.20. The van der Waals surface area contributed by atoms with E-state index in [2.05, 4.69) is 16.8 Å². The van der Waals surface area contributed by atoms with E-state index < -0.39 is 0 Å². The lowest BCUT2D eigenvalue weighted by Crippen LogP contribution is -2.47. The first-order valence-corrected chi connectivity index (χ1v) is 6.79. The second-order valence-electron chi connectivity index (χ2n) is 5.26. The van der Waals surface area contributed by atoms with Crippen LogP contribution in [0.2, 0.25) is 0 Å². The standard InChI is InChI=1S/C13H24N2O2/c1-3-17-13(16)6-9-15-8-5-11-4-7-14(2)10-12(11)15/h11-12H,3-10H2,1-2H3/t11-,12+/m0/s1. The molecule has 2 rings (SSSR count). The van der Waals surface area contributed by atoms with Crippen LogP contribution in [0, 0.1) is 5.92 Å². The zero-order valence-electron chi connectivity index (χ0n) is 11.0. The number of fused-ring (bicyclic) bond motifs is 1. The summed E-state index contributed by atoms with van der Waals surface area (Å²) in [6, 6.07) is 0.670. The molecule has 4 nitrogen and oxygen atoms in total. The van der Waals surface area contributed by atoms with Gasteiger partial charge in [-0.3, -0.25) is 9.69 Å². The minimum absolute atomic E-state index is 0.0554. The predicted octanol–water partition coefficient (Wildman–Crippen LogP) is 0.966. The van der Waals surface area contributed by atoms with Crippen molar-refractivity contribution in [1.82, 2.24) is 9.80 Å². The Labute approximate surface area is 104 Å². The molecule has 2 aliphatic rings. The number of hydrogen-bond acceptors (Lipinski definition) is 4. The van der Waals surface area contributed by atoms with E-state index in [0.29, 0.717) is 19.1 Å². The third kappa shape index (κ3) is 3.19. The van der Waals surface area contributed by atoms with Crippen LogP contribution < -0.4 is 0 Å². The smallest absolute Gasteiger partial charge is 0.307 e. The molecule has 2 heterocycles. The highest BCUT2D eigenvalue weighted by molar-refractivity contribution is 5.69. The lowest BCUT2D eigenvalue weighted by atomic mass is 9.92. The van der Waals surface area contributed by atoms with E-state index in [4.69, 9.17) is 4.74 Å². The summed E-state index contributed by atoms with van der Waals surface area (Å²) in [5, 5.41) is 0. The highest BCUT2D eigenvalue weighted by Crippen LogP contribution is 2.31. The molecule has 4 heteroatoms.